The van der Waals surface area contributed by atoms with E-state index in [1.54, 1.807) is 4.31 Å². The largest absolute Gasteiger partial charge is 0.335 e. The van der Waals surface area contributed by atoms with Gasteiger partial charge in [-0.3, -0.25) is 4.79 Å². The summed E-state index contributed by atoms with van der Waals surface area (Å²) in [5, 5.41) is 0. The first kappa shape index (κ1) is 20.3. The summed E-state index contributed by atoms with van der Waals surface area (Å²) in [4.78, 5) is 14.7. The number of rotatable bonds is 9. The Morgan fingerprint density at radius 2 is 1.78 bits per heavy atom. The van der Waals surface area contributed by atoms with E-state index < -0.39 is 10.0 Å². The number of sulfonamides is 1. The molecule has 0 spiro atoms. The third-order valence-corrected chi connectivity index (χ3v) is 7.52. The van der Waals surface area contributed by atoms with Crippen molar-refractivity contribution in [2.24, 2.45) is 0 Å². The second-order valence-corrected chi connectivity index (χ2v) is 10.3. The first-order valence-electron chi connectivity index (χ1n) is 10.2. The predicted octanol–water partition coefficient (Wildman–Crippen LogP) is 3.51. The average Bonchev–Trinajstić information content (AvgIpc) is 3.31. The second kappa shape index (κ2) is 8.74. The highest BCUT2D eigenvalue weighted by Gasteiger charge is 2.32. The highest BCUT2D eigenvalue weighted by atomic mass is 32.2. The normalized spacial score (nSPS) is 18.2. The Labute approximate surface area is 163 Å². The van der Waals surface area contributed by atoms with E-state index in [0.29, 0.717) is 44.4 Å². The third-order valence-electron chi connectivity index (χ3n) is 5.56. The lowest BCUT2D eigenvalue weighted by Crippen LogP contribution is -2.34. The van der Waals surface area contributed by atoms with Gasteiger partial charge in [0, 0.05) is 32.1 Å². The van der Waals surface area contributed by atoms with Crippen LogP contribution >= 0.6 is 0 Å². The van der Waals surface area contributed by atoms with E-state index in [0.717, 1.165) is 31.2 Å². The SMILES string of the molecule is CC(C)c1ccc(CN(C(=O)CCCS(=O)(=O)N2CCCC2)C2CC2)cc1. The molecule has 1 saturated carbocycles. The monoisotopic (exact) mass is 392 g/mol. The van der Waals surface area contributed by atoms with Crippen molar-refractivity contribution in [1.82, 2.24) is 9.21 Å². The zero-order valence-electron chi connectivity index (χ0n) is 16.6. The Bertz CT molecular complexity index is 733. The summed E-state index contributed by atoms with van der Waals surface area (Å²) in [7, 11) is -3.20. The van der Waals surface area contributed by atoms with E-state index in [1.807, 2.05) is 4.90 Å². The number of hydrogen-bond donors (Lipinski definition) is 0. The maximum absolute atomic E-state index is 12.7. The van der Waals surface area contributed by atoms with Crippen LogP contribution in [-0.4, -0.2) is 48.4 Å². The molecular formula is C21H32N2O3S. The van der Waals surface area contributed by atoms with E-state index in [1.165, 1.54) is 5.56 Å². The van der Waals surface area contributed by atoms with Crippen LogP contribution in [0.1, 0.15) is 69.4 Å². The highest BCUT2D eigenvalue weighted by Crippen LogP contribution is 2.29. The minimum atomic E-state index is -3.20. The predicted molar refractivity (Wildman–Crippen MR) is 108 cm³/mol. The minimum absolute atomic E-state index is 0.0837. The highest BCUT2D eigenvalue weighted by molar-refractivity contribution is 7.89. The van der Waals surface area contributed by atoms with Crippen molar-refractivity contribution in [3.05, 3.63) is 35.4 Å². The molecule has 27 heavy (non-hydrogen) atoms. The molecule has 150 valence electrons. The summed E-state index contributed by atoms with van der Waals surface area (Å²) in [6, 6.07) is 8.82. The first-order chi connectivity index (χ1) is 12.9. The fourth-order valence-corrected chi connectivity index (χ4v) is 5.24. The van der Waals surface area contributed by atoms with E-state index in [9.17, 15) is 13.2 Å². The number of carbonyl (C=O) groups excluding carboxylic acids is 1. The van der Waals surface area contributed by atoms with Crippen molar-refractivity contribution in [2.75, 3.05) is 18.8 Å². The molecule has 1 aliphatic heterocycles. The molecule has 1 aliphatic carbocycles. The van der Waals surface area contributed by atoms with Crippen molar-refractivity contribution < 1.29 is 13.2 Å². The summed E-state index contributed by atoms with van der Waals surface area (Å²) in [6.07, 6.45) is 4.73. The number of benzene rings is 1. The second-order valence-electron chi connectivity index (χ2n) is 8.17. The summed E-state index contributed by atoms with van der Waals surface area (Å²) >= 11 is 0. The Hall–Kier alpha value is -1.40. The number of nitrogens with zero attached hydrogens (tertiary/aromatic N) is 2. The maximum Gasteiger partial charge on any atom is 0.223 e. The zero-order chi connectivity index (χ0) is 19.4. The number of hydrogen-bond acceptors (Lipinski definition) is 3. The first-order valence-corrected chi connectivity index (χ1v) is 11.8. The average molecular weight is 393 g/mol. The van der Waals surface area contributed by atoms with Crippen LogP contribution in [0.3, 0.4) is 0 Å². The molecule has 2 fully saturated rings. The summed E-state index contributed by atoms with van der Waals surface area (Å²) in [6.45, 7) is 6.24. The van der Waals surface area contributed by atoms with Gasteiger partial charge in [0.2, 0.25) is 15.9 Å². The van der Waals surface area contributed by atoms with E-state index >= 15 is 0 Å². The molecule has 0 radical (unpaired) electrons. The minimum Gasteiger partial charge on any atom is -0.335 e. The lowest BCUT2D eigenvalue weighted by molar-refractivity contribution is -0.132. The third kappa shape index (κ3) is 5.55. The molecule has 5 nitrogen and oxygen atoms in total. The van der Waals surface area contributed by atoms with Crippen molar-refractivity contribution in [1.29, 1.82) is 0 Å². The van der Waals surface area contributed by atoms with Crippen LogP contribution in [0.5, 0.6) is 0 Å². The summed E-state index contributed by atoms with van der Waals surface area (Å²) in [5.74, 6) is 0.667. The molecule has 0 unspecified atom stereocenters. The standard InChI is InChI=1S/C21H32N2O3S/c1-17(2)19-9-7-18(8-10-19)16-23(20-11-12-20)21(24)6-5-15-27(25,26)22-13-3-4-14-22/h7-10,17,20H,3-6,11-16H2,1-2H3. The van der Waals surface area contributed by atoms with Crippen molar-refractivity contribution >= 4 is 15.9 Å². The van der Waals surface area contributed by atoms with Crippen molar-refractivity contribution in [3.8, 4) is 0 Å². The zero-order valence-corrected chi connectivity index (χ0v) is 17.4. The van der Waals surface area contributed by atoms with Crippen LogP contribution in [-0.2, 0) is 21.4 Å². The molecule has 0 aromatic heterocycles. The summed E-state index contributed by atoms with van der Waals surface area (Å²) < 4.78 is 26.2. The molecule has 1 aromatic rings. The van der Waals surface area contributed by atoms with Crippen LogP contribution in [0.15, 0.2) is 24.3 Å². The molecule has 0 atom stereocenters. The lowest BCUT2D eigenvalue weighted by Gasteiger charge is -2.23. The van der Waals surface area contributed by atoms with Gasteiger partial charge in [-0.15, -0.1) is 0 Å². The molecule has 3 rings (SSSR count). The summed E-state index contributed by atoms with van der Waals surface area (Å²) in [5.41, 5.74) is 2.44. The van der Waals surface area contributed by atoms with Gasteiger partial charge >= 0.3 is 0 Å². The maximum atomic E-state index is 12.7. The molecule has 6 heteroatoms. The van der Waals surface area contributed by atoms with Crippen molar-refractivity contribution in [2.45, 2.75) is 70.9 Å². The molecule has 1 aromatic carbocycles. The van der Waals surface area contributed by atoms with Gasteiger partial charge in [0.15, 0.2) is 0 Å². The van der Waals surface area contributed by atoms with Gasteiger partial charge in [0.05, 0.1) is 5.75 Å². The van der Waals surface area contributed by atoms with Gasteiger partial charge in [-0.2, -0.15) is 0 Å². The smallest absolute Gasteiger partial charge is 0.223 e. The quantitative estimate of drug-likeness (QED) is 0.646. The molecule has 1 heterocycles. The Morgan fingerprint density at radius 1 is 1.15 bits per heavy atom. The van der Waals surface area contributed by atoms with Crippen LogP contribution in [0.4, 0.5) is 0 Å². The molecular weight excluding hydrogens is 360 g/mol. The topological polar surface area (TPSA) is 57.7 Å². The van der Waals surface area contributed by atoms with E-state index in [4.69, 9.17) is 0 Å². The van der Waals surface area contributed by atoms with Gasteiger partial charge in [-0.25, -0.2) is 12.7 Å². The Kier molecular flexibility index (Phi) is 6.58. The fourth-order valence-electron chi connectivity index (χ4n) is 3.66. The van der Waals surface area contributed by atoms with E-state index in [-0.39, 0.29) is 11.7 Å². The number of amides is 1. The Balaban J connectivity index is 1.53. The van der Waals surface area contributed by atoms with Gasteiger partial charge < -0.3 is 4.90 Å². The molecule has 2 aliphatic rings. The lowest BCUT2D eigenvalue weighted by atomic mass is 10.0. The molecule has 1 saturated heterocycles. The number of carbonyl (C=O) groups is 1. The van der Waals surface area contributed by atoms with Gasteiger partial charge in [0.25, 0.3) is 0 Å². The van der Waals surface area contributed by atoms with Crippen LogP contribution in [0, 0.1) is 0 Å². The van der Waals surface area contributed by atoms with Gasteiger partial charge in [0.1, 0.15) is 0 Å². The molecule has 0 bridgehead atoms. The molecule has 0 N–H and O–H groups in total. The van der Waals surface area contributed by atoms with Crippen molar-refractivity contribution in [3.63, 3.8) is 0 Å². The van der Waals surface area contributed by atoms with E-state index in [2.05, 4.69) is 38.1 Å². The van der Waals surface area contributed by atoms with Crippen LogP contribution < -0.4 is 0 Å². The van der Waals surface area contributed by atoms with Gasteiger partial charge in [-0.05, 0) is 49.1 Å². The van der Waals surface area contributed by atoms with Gasteiger partial charge in [-0.1, -0.05) is 38.1 Å². The fraction of sp³-hybridized carbons (Fsp3) is 0.667. The van der Waals surface area contributed by atoms with Crippen LogP contribution in [0.25, 0.3) is 0 Å². The Morgan fingerprint density at radius 3 is 2.33 bits per heavy atom. The molecule has 1 amide bonds. The van der Waals surface area contributed by atoms with Crippen LogP contribution in [0.2, 0.25) is 0 Å².